The first-order chi connectivity index (χ1) is 8.13. The van der Waals surface area contributed by atoms with Crippen molar-refractivity contribution in [3.63, 3.8) is 0 Å². The lowest BCUT2D eigenvalue weighted by Gasteiger charge is -2.14. The number of rotatable bonds is 6. The number of carboxylic acid groups (broad SMARTS) is 1. The molecule has 92 valence electrons. The Bertz CT molecular complexity index is 388. The number of aromatic nitrogens is 1. The van der Waals surface area contributed by atoms with E-state index in [1.54, 1.807) is 12.3 Å². The zero-order valence-corrected chi connectivity index (χ0v) is 10.3. The van der Waals surface area contributed by atoms with E-state index in [-0.39, 0.29) is 0 Å². The van der Waals surface area contributed by atoms with Crippen molar-refractivity contribution in [2.75, 3.05) is 13.6 Å². The van der Waals surface area contributed by atoms with Crippen LogP contribution in [0.3, 0.4) is 0 Å². The maximum absolute atomic E-state index is 10.8. The summed E-state index contributed by atoms with van der Waals surface area (Å²) in [6, 6.07) is 5.78. The maximum Gasteiger partial charge on any atom is 0.331 e. The zero-order valence-electron chi connectivity index (χ0n) is 10.3. The van der Waals surface area contributed by atoms with Crippen molar-refractivity contribution in [2.45, 2.75) is 19.9 Å². The fourth-order valence-corrected chi connectivity index (χ4v) is 1.48. The molecular weight excluding hydrogens is 216 g/mol. The number of carbonyl (C=O) groups is 1. The number of carboxylic acids is 1. The summed E-state index contributed by atoms with van der Waals surface area (Å²) in [7, 11) is 1.94. The topological polar surface area (TPSA) is 53.4 Å². The number of pyridine rings is 1. The number of hydrogen-bond donors (Lipinski definition) is 1. The molecule has 1 aromatic rings. The van der Waals surface area contributed by atoms with Crippen LogP contribution in [-0.2, 0) is 11.3 Å². The highest BCUT2D eigenvalue weighted by Crippen LogP contribution is 2.03. The molecular formula is C13H18N2O2. The number of aliphatic carboxylic acids is 1. The van der Waals surface area contributed by atoms with E-state index in [2.05, 4.69) is 4.98 Å². The largest absolute Gasteiger partial charge is 0.478 e. The predicted octanol–water partition coefficient (Wildman–Crippen LogP) is 1.93. The smallest absolute Gasteiger partial charge is 0.331 e. The Balaban J connectivity index is 2.50. The van der Waals surface area contributed by atoms with Gasteiger partial charge in [0, 0.05) is 24.9 Å². The van der Waals surface area contributed by atoms with Crippen LogP contribution in [0.2, 0.25) is 0 Å². The first kappa shape index (κ1) is 13.4. The Morgan fingerprint density at radius 2 is 2.29 bits per heavy atom. The van der Waals surface area contributed by atoms with E-state index in [4.69, 9.17) is 5.11 Å². The minimum absolute atomic E-state index is 0.456. The fourth-order valence-electron chi connectivity index (χ4n) is 1.48. The molecule has 0 saturated heterocycles. The molecule has 1 heterocycles. The second kappa shape index (κ2) is 6.81. The molecule has 0 aromatic carbocycles. The molecule has 0 atom stereocenters. The van der Waals surface area contributed by atoms with E-state index in [9.17, 15) is 4.79 Å². The summed E-state index contributed by atoms with van der Waals surface area (Å²) in [5, 5.41) is 8.88. The van der Waals surface area contributed by atoms with Crippen molar-refractivity contribution in [1.29, 1.82) is 0 Å². The lowest BCUT2D eigenvalue weighted by Crippen LogP contribution is -2.19. The summed E-state index contributed by atoms with van der Waals surface area (Å²) in [5.41, 5.74) is 1.44. The Kier molecular flexibility index (Phi) is 5.36. The molecule has 0 unspecified atom stereocenters. The fraction of sp³-hybridized carbons (Fsp3) is 0.385. The second-order valence-electron chi connectivity index (χ2n) is 3.91. The molecule has 0 fully saturated rings. The standard InChI is InChI=1S/C13H18N2O2/c1-3-11(13(16)17)7-9-15(2)10-12-6-4-5-8-14-12/h4-8H,3,9-10H2,1-2H3,(H,16,17). The van der Waals surface area contributed by atoms with Crippen LogP contribution >= 0.6 is 0 Å². The van der Waals surface area contributed by atoms with E-state index in [0.29, 0.717) is 25.1 Å². The lowest BCUT2D eigenvalue weighted by atomic mass is 10.2. The number of likely N-dealkylation sites (N-methyl/N-ethyl adjacent to an activating group) is 1. The Morgan fingerprint density at radius 1 is 1.53 bits per heavy atom. The summed E-state index contributed by atoms with van der Waals surface area (Å²) in [4.78, 5) is 17.1. The monoisotopic (exact) mass is 234 g/mol. The molecule has 0 spiro atoms. The molecule has 1 rings (SSSR count). The van der Waals surface area contributed by atoms with Gasteiger partial charge in [0.15, 0.2) is 0 Å². The first-order valence-corrected chi connectivity index (χ1v) is 5.64. The SMILES string of the molecule is CCC(=CCN(C)Cc1ccccn1)C(=O)O. The maximum atomic E-state index is 10.8. The summed E-state index contributed by atoms with van der Waals surface area (Å²) >= 11 is 0. The van der Waals surface area contributed by atoms with Gasteiger partial charge in [-0.05, 0) is 25.6 Å². The summed E-state index contributed by atoms with van der Waals surface area (Å²) in [6.07, 6.45) is 4.06. The highest BCUT2D eigenvalue weighted by atomic mass is 16.4. The van der Waals surface area contributed by atoms with E-state index in [1.165, 1.54) is 0 Å². The van der Waals surface area contributed by atoms with Gasteiger partial charge in [-0.15, -0.1) is 0 Å². The van der Waals surface area contributed by atoms with Gasteiger partial charge in [0.05, 0.1) is 5.69 Å². The minimum atomic E-state index is -0.835. The number of nitrogens with zero attached hydrogens (tertiary/aromatic N) is 2. The third-order valence-corrected chi connectivity index (χ3v) is 2.46. The molecule has 17 heavy (non-hydrogen) atoms. The van der Waals surface area contributed by atoms with Gasteiger partial charge in [0.2, 0.25) is 0 Å². The van der Waals surface area contributed by atoms with Gasteiger partial charge >= 0.3 is 5.97 Å². The molecule has 4 heteroatoms. The van der Waals surface area contributed by atoms with Gasteiger partial charge in [0.1, 0.15) is 0 Å². The molecule has 1 N–H and O–H groups in total. The van der Waals surface area contributed by atoms with Crippen LogP contribution in [0.25, 0.3) is 0 Å². The Morgan fingerprint density at radius 3 is 2.82 bits per heavy atom. The quantitative estimate of drug-likeness (QED) is 0.764. The third-order valence-electron chi connectivity index (χ3n) is 2.46. The van der Waals surface area contributed by atoms with Crippen LogP contribution < -0.4 is 0 Å². The van der Waals surface area contributed by atoms with Gasteiger partial charge in [-0.3, -0.25) is 9.88 Å². The van der Waals surface area contributed by atoms with Gasteiger partial charge in [0.25, 0.3) is 0 Å². The Hall–Kier alpha value is -1.68. The Labute approximate surface area is 102 Å². The van der Waals surface area contributed by atoms with Crippen molar-refractivity contribution in [3.8, 4) is 0 Å². The molecule has 0 aliphatic carbocycles. The van der Waals surface area contributed by atoms with Gasteiger partial charge in [-0.25, -0.2) is 4.79 Å². The van der Waals surface area contributed by atoms with Crippen LogP contribution in [0, 0.1) is 0 Å². The summed E-state index contributed by atoms with van der Waals surface area (Å²) in [6.45, 7) is 3.18. The molecule has 1 aromatic heterocycles. The van der Waals surface area contributed by atoms with Crippen LogP contribution in [0.15, 0.2) is 36.0 Å². The molecule has 4 nitrogen and oxygen atoms in total. The zero-order chi connectivity index (χ0) is 12.7. The molecule has 0 aliphatic rings. The van der Waals surface area contributed by atoms with Crippen molar-refractivity contribution >= 4 is 5.97 Å². The van der Waals surface area contributed by atoms with Crippen molar-refractivity contribution in [3.05, 3.63) is 41.7 Å². The van der Waals surface area contributed by atoms with Crippen LogP contribution in [0.5, 0.6) is 0 Å². The first-order valence-electron chi connectivity index (χ1n) is 5.64. The summed E-state index contributed by atoms with van der Waals surface area (Å²) < 4.78 is 0. The molecule has 0 aliphatic heterocycles. The summed E-state index contributed by atoms with van der Waals surface area (Å²) in [5.74, 6) is -0.835. The van der Waals surface area contributed by atoms with Crippen LogP contribution in [0.4, 0.5) is 0 Å². The van der Waals surface area contributed by atoms with Gasteiger partial charge in [-0.2, -0.15) is 0 Å². The minimum Gasteiger partial charge on any atom is -0.478 e. The molecule has 0 amide bonds. The molecule has 0 saturated carbocycles. The molecule has 0 bridgehead atoms. The van der Waals surface area contributed by atoms with Crippen molar-refractivity contribution in [1.82, 2.24) is 9.88 Å². The average Bonchev–Trinajstić information content (AvgIpc) is 2.30. The van der Waals surface area contributed by atoms with E-state index < -0.39 is 5.97 Å². The average molecular weight is 234 g/mol. The van der Waals surface area contributed by atoms with Crippen LogP contribution in [0.1, 0.15) is 19.0 Å². The van der Waals surface area contributed by atoms with E-state index in [0.717, 1.165) is 5.69 Å². The second-order valence-corrected chi connectivity index (χ2v) is 3.91. The van der Waals surface area contributed by atoms with Gasteiger partial charge in [-0.1, -0.05) is 19.1 Å². The third kappa shape index (κ3) is 4.78. The van der Waals surface area contributed by atoms with E-state index >= 15 is 0 Å². The lowest BCUT2D eigenvalue weighted by molar-refractivity contribution is -0.132. The van der Waals surface area contributed by atoms with Crippen molar-refractivity contribution < 1.29 is 9.90 Å². The predicted molar refractivity (Wildman–Crippen MR) is 66.6 cm³/mol. The van der Waals surface area contributed by atoms with Gasteiger partial charge < -0.3 is 5.11 Å². The van der Waals surface area contributed by atoms with E-state index in [1.807, 2.05) is 37.1 Å². The highest BCUT2D eigenvalue weighted by Gasteiger charge is 2.05. The van der Waals surface area contributed by atoms with Crippen molar-refractivity contribution in [2.24, 2.45) is 0 Å². The normalized spacial score (nSPS) is 11.8. The number of hydrogen-bond acceptors (Lipinski definition) is 3. The molecule has 0 radical (unpaired) electrons. The highest BCUT2D eigenvalue weighted by molar-refractivity contribution is 5.86. The van der Waals surface area contributed by atoms with Crippen LogP contribution in [-0.4, -0.2) is 34.6 Å².